The molecule has 1 rings (SSSR count). The highest BCUT2D eigenvalue weighted by Gasteiger charge is 2.16. The summed E-state index contributed by atoms with van der Waals surface area (Å²) in [6, 6.07) is 0. The van der Waals surface area contributed by atoms with Gasteiger partial charge >= 0.3 is 0 Å². The minimum absolute atomic E-state index is 0.344. The van der Waals surface area contributed by atoms with Gasteiger partial charge in [0.2, 0.25) is 0 Å². The highest BCUT2D eigenvalue weighted by molar-refractivity contribution is 4.98. The Morgan fingerprint density at radius 2 is 2.44 bits per heavy atom. The number of hydrogen-bond acceptors (Lipinski definition) is 1. The largest absolute Gasteiger partial charge is 0.396 e. The maximum Gasteiger partial charge on any atom is 0.0433 e. The van der Waals surface area contributed by atoms with Crippen LogP contribution in [0.5, 0.6) is 0 Å². The van der Waals surface area contributed by atoms with Crippen molar-refractivity contribution >= 4 is 0 Å². The normalized spacial score (nSPS) is 33.6. The van der Waals surface area contributed by atoms with E-state index in [4.69, 9.17) is 5.11 Å². The van der Waals surface area contributed by atoms with Crippen LogP contribution < -0.4 is 0 Å². The minimum Gasteiger partial charge on any atom is -0.396 e. The van der Waals surface area contributed by atoms with E-state index in [1.54, 1.807) is 0 Å². The van der Waals surface area contributed by atoms with Crippen molar-refractivity contribution in [2.45, 2.75) is 19.8 Å². The van der Waals surface area contributed by atoms with Crippen LogP contribution in [-0.2, 0) is 0 Å². The van der Waals surface area contributed by atoms with Gasteiger partial charge in [0, 0.05) is 6.61 Å². The average Bonchev–Trinajstić information content (AvgIpc) is 2.18. The van der Waals surface area contributed by atoms with E-state index < -0.39 is 0 Å². The molecule has 0 aromatic rings. The molecule has 2 atom stereocenters. The van der Waals surface area contributed by atoms with Crippen LogP contribution in [0.2, 0.25) is 0 Å². The van der Waals surface area contributed by atoms with Gasteiger partial charge in [-0.25, -0.2) is 0 Å². The number of aliphatic hydroxyl groups excluding tert-OH is 1. The molecule has 0 radical (unpaired) electrons. The number of rotatable bonds is 2. The van der Waals surface area contributed by atoms with Gasteiger partial charge < -0.3 is 5.11 Å². The van der Waals surface area contributed by atoms with Crippen LogP contribution in [0, 0.1) is 11.8 Å². The SMILES string of the molecule is CC1C=CCC1CCO. The van der Waals surface area contributed by atoms with Gasteiger partial charge in [-0.05, 0) is 24.7 Å². The Kier molecular flexibility index (Phi) is 2.29. The topological polar surface area (TPSA) is 20.2 Å². The van der Waals surface area contributed by atoms with Crippen molar-refractivity contribution in [1.29, 1.82) is 0 Å². The summed E-state index contributed by atoms with van der Waals surface area (Å²) < 4.78 is 0. The zero-order valence-electron chi connectivity index (χ0n) is 5.88. The van der Waals surface area contributed by atoms with Gasteiger partial charge in [0.05, 0.1) is 0 Å². The van der Waals surface area contributed by atoms with Gasteiger partial charge in [0.15, 0.2) is 0 Å². The Bertz CT molecular complexity index is 107. The molecule has 0 aromatic carbocycles. The Morgan fingerprint density at radius 3 is 2.89 bits per heavy atom. The van der Waals surface area contributed by atoms with Crippen LogP contribution >= 0.6 is 0 Å². The minimum atomic E-state index is 0.344. The molecule has 0 saturated carbocycles. The summed E-state index contributed by atoms with van der Waals surface area (Å²) in [6.45, 7) is 2.56. The molecule has 0 aliphatic heterocycles. The van der Waals surface area contributed by atoms with Crippen molar-refractivity contribution in [1.82, 2.24) is 0 Å². The molecule has 1 aliphatic rings. The van der Waals surface area contributed by atoms with Gasteiger partial charge in [0.1, 0.15) is 0 Å². The molecule has 0 amide bonds. The second-order valence-corrected chi connectivity index (χ2v) is 2.80. The molecule has 0 fully saturated rings. The fourth-order valence-electron chi connectivity index (χ4n) is 1.39. The number of hydrogen-bond donors (Lipinski definition) is 1. The van der Waals surface area contributed by atoms with Crippen LogP contribution in [0.25, 0.3) is 0 Å². The van der Waals surface area contributed by atoms with E-state index in [9.17, 15) is 0 Å². The van der Waals surface area contributed by atoms with E-state index in [0.717, 1.165) is 12.3 Å². The molecule has 0 saturated heterocycles. The van der Waals surface area contributed by atoms with Gasteiger partial charge in [-0.15, -0.1) is 0 Å². The van der Waals surface area contributed by atoms with E-state index in [-0.39, 0.29) is 0 Å². The number of aliphatic hydroxyl groups is 1. The molecule has 1 nitrogen and oxygen atoms in total. The highest BCUT2D eigenvalue weighted by atomic mass is 16.3. The summed E-state index contributed by atoms with van der Waals surface area (Å²) in [6.07, 6.45) is 6.58. The van der Waals surface area contributed by atoms with Gasteiger partial charge in [-0.1, -0.05) is 19.1 Å². The van der Waals surface area contributed by atoms with Crippen molar-refractivity contribution < 1.29 is 5.11 Å². The molecular formula is C8H14O. The van der Waals surface area contributed by atoms with E-state index in [1.165, 1.54) is 6.42 Å². The quantitative estimate of drug-likeness (QED) is 0.557. The summed E-state index contributed by atoms with van der Waals surface area (Å²) in [5.74, 6) is 1.41. The maximum atomic E-state index is 8.62. The summed E-state index contributed by atoms with van der Waals surface area (Å²) in [5, 5.41) is 8.62. The maximum absolute atomic E-state index is 8.62. The Labute approximate surface area is 56.4 Å². The molecule has 9 heavy (non-hydrogen) atoms. The molecule has 0 bridgehead atoms. The zero-order valence-corrected chi connectivity index (χ0v) is 5.88. The summed E-state index contributed by atoms with van der Waals surface area (Å²) in [5.41, 5.74) is 0. The summed E-state index contributed by atoms with van der Waals surface area (Å²) in [7, 11) is 0. The van der Waals surface area contributed by atoms with Crippen molar-refractivity contribution in [3.05, 3.63) is 12.2 Å². The van der Waals surface area contributed by atoms with Crippen LogP contribution in [0.4, 0.5) is 0 Å². The van der Waals surface area contributed by atoms with Gasteiger partial charge in [-0.3, -0.25) is 0 Å². The highest BCUT2D eigenvalue weighted by Crippen LogP contribution is 2.26. The third-order valence-electron chi connectivity index (χ3n) is 2.12. The van der Waals surface area contributed by atoms with Crippen LogP contribution in [0.1, 0.15) is 19.8 Å². The Balaban J connectivity index is 2.28. The van der Waals surface area contributed by atoms with Crippen LogP contribution in [0.15, 0.2) is 12.2 Å². The van der Waals surface area contributed by atoms with Crippen LogP contribution in [0.3, 0.4) is 0 Å². The van der Waals surface area contributed by atoms with Crippen molar-refractivity contribution in [2.24, 2.45) is 11.8 Å². The third-order valence-corrected chi connectivity index (χ3v) is 2.12. The molecule has 0 heterocycles. The van der Waals surface area contributed by atoms with E-state index in [2.05, 4.69) is 19.1 Å². The van der Waals surface area contributed by atoms with Crippen molar-refractivity contribution in [3.63, 3.8) is 0 Å². The average molecular weight is 126 g/mol. The summed E-state index contributed by atoms with van der Waals surface area (Å²) in [4.78, 5) is 0. The lowest BCUT2D eigenvalue weighted by atomic mass is 9.95. The van der Waals surface area contributed by atoms with E-state index in [1.807, 2.05) is 0 Å². The second kappa shape index (κ2) is 3.02. The van der Waals surface area contributed by atoms with Gasteiger partial charge in [0.25, 0.3) is 0 Å². The standard InChI is InChI=1S/C8H14O/c1-7-3-2-4-8(7)5-6-9/h2-3,7-9H,4-6H2,1H3. The van der Waals surface area contributed by atoms with E-state index >= 15 is 0 Å². The lowest BCUT2D eigenvalue weighted by Crippen LogP contribution is -2.05. The predicted molar refractivity (Wildman–Crippen MR) is 38.1 cm³/mol. The molecule has 0 aromatic heterocycles. The monoisotopic (exact) mass is 126 g/mol. The number of allylic oxidation sites excluding steroid dienone is 2. The smallest absolute Gasteiger partial charge is 0.0433 e. The fraction of sp³-hybridized carbons (Fsp3) is 0.750. The van der Waals surface area contributed by atoms with Crippen LogP contribution in [-0.4, -0.2) is 11.7 Å². The lowest BCUT2D eigenvalue weighted by molar-refractivity contribution is 0.245. The molecule has 1 N–H and O–H groups in total. The molecule has 1 aliphatic carbocycles. The fourth-order valence-corrected chi connectivity index (χ4v) is 1.39. The molecule has 0 spiro atoms. The van der Waals surface area contributed by atoms with E-state index in [0.29, 0.717) is 12.5 Å². The molecule has 2 unspecified atom stereocenters. The molecule has 52 valence electrons. The zero-order chi connectivity index (χ0) is 6.69. The molecular weight excluding hydrogens is 112 g/mol. The lowest BCUT2D eigenvalue weighted by Gasteiger charge is -2.12. The molecule has 1 heteroatoms. The Hall–Kier alpha value is -0.300. The first-order valence-corrected chi connectivity index (χ1v) is 3.62. The first-order valence-electron chi connectivity index (χ1n) is 3.62. The third kappa shape index (κ3) is 1.55. The van der Waals surface area contributed by atoms with Crippen molar-refractivity contribution in [2.75, 3.05) is 6.61 Å². The Morgan fingerprint density at radius 1 is 1.67 bits per heavy atom. The second-order valence-electron chi connectivity index (χ2n) is 2.80. The van der Waals surface area contributed by atoms with Crippen molar-refractivity contribution in [3.8, 4) is 0 Å². The first kappa shape index (κ1) is 6.81. The van der Waals surface area contributed by atoms with Gasteiger partial charge in [-0.2, -0.15) is 0 Å². The first-order chi connectivity index (χ1) is 4.34. The summed E-state index contributed by atoms with van der Waals surface area (Å²) >= 11 is 0. The predicted octanol–water partition coefficient (Wildman–Crippen LogP) is 1.58.